The molecule has 1 aromatic rings. The topological polar surface area (TPSA) is 38.3 Å². The highest BCUT2D eigenvalue weighted by Crippen LogP contribution is 2.46. The van der Waals surface area contributed by atoms with E-state index in [4.69, 9.17) is 4.74 Å². The molecule has 2 aliphatic rings. The Morgan fingerprint density at radius 3 is 2.81 bits per heavy atom. The van der Waals surface area contributed by atoms with Crippen LogP contribution in [0.5, 0.6) is 5.75 Å². The zero-order valence-electron chi connectivity index (χ0n) is 9.38. The van der Waals surface area contributed by atoms with Gasteiger partial charge in [0.1, 0.15) is 5.75 Å². The maximum Gasteiger partial charge on any atom is 0.322 e. The average molecular weight is 217 g/mol. The number of ether oxygens (including phenoxy) is 1. The van der Waals surface area contributed by atoms with Crippen LogP contribution < -0.4 is 10.1 Å². The molecule has 1 N–H and O–H groups in total. The Kier molecular flexibility index (Phi) is 2.04. The smallest absolute Gasteiger partial charge is 0.322 e. The number of piperidine rings is 1. The summed E-state index contributed by atoms with van der Waals surface area (Å²) in [4.78, 5) is 12.1. The van der Waals surface area contributed by atoms with Gasteiger partial charge in [0.2, 0.25) is 0 Å². The molecule has 1 fully saturated rings. The standard InChI is InChI=1S/C13H15NO2/c1-9-3-2-4-10-11(9)16-12(15)13(10)5-7-14-8-6-13/h2-4,14H,5-8H2,1H3. The van der Waals surface area contributed by atoms with Crippen molar-refractivity contribution in [3.8, 4) is 5.75 Å². The van der Waals surface area contributed by atoms with Gasteiger partial charge in [-0.3, -0.25) is 4.79 Å². The van der Waals surface area contributed by atoms with Crippen LogP contribution in [-0.2, 0) is 10.2 Å². The van der Waals surface area contributed by atoms with Crippen LogP contribution in [0.25, 0.3) is 0 Å². The van der Waals surface area contributed by atoms with Gasteiger partial charge in [-0.05, 0) is 38.4 Å². The molecule has 2 heterocycles. The fourth-order valence-corrected chi connectivity index (χ4v) is 2.79. The molecule has 1 spiro atoms. The molecule has 3 rings (SSSR count). The molecule has 0 bridgehead atoms. The lowest BCUT2D eigenvalue weighted by atomic mass is 9.74. The third-order valence-electron chi connectivity index (χ3n) is 3.77. The molecule has 3 nitrogen and oxygen atoms in total. The third-order valence-corrected chi connectivity index (χ3v) is 3.77. The van der Waals surface area contributed by atoms with Gasteiger partial charge in [-0.25, -0.2) is 0 Å². The zero-order chi connectivity index (χ0) is 11.2. The Balaban J connectivity index is 2.15. The predicted molar refractivity (Wildman–Crippen MR) is 60.6 cm³/mol. The number of nitrogens with one attached hydrogen (secondary N) is 1. The number of carbonyl (C=O) groups excluding carboxylic acids is 1. The number of para-hydroxylation sites is 1. The molecule has 16 heavy (non-hydrogen) atoms. The highest BCUT2D eigenvalue weighted by Gasteiger charge is 2.49. The van der Waals surface area contributed by atoms with Crippen molar-refractivity contribution in [1.82, 2.24) is 5.32 Å². The summed E-state index contributed by atoms with van der Waals surface area (Å²) in [7, 11) is 0. The third kappa shape index (κ3) is 1.15. The van der Waals surface area contributed by atoms with Gasteiger partial charge < -0.3 is 10.1 Å². The molecule has 1 aromatic carbocycles. The molecule has 0 atom stereocenters. The van der Waals surface area contributed by atoms with Gasteiger partial charge in [0.25, 0.3) is 0 Å². The summed E-state index contributed by atoms with van der Waals surface area (Å²) in [6.07, 6.45) is 1.70. The second kappa shape index (κ2) is 3.32. The van der Waals surface area contributed by atoms with Crippen LogP contribution in [0.15, 0.2) is 18.2 Å². The van der Waals surface area contributed by atoms with Crippen molar-refractivity contribution in [3.05, 3.63) is 29.3 Å². The number of benzene rings is 1. The number of hydrogen-bond acceptors (Lipinski definition) is 3. The van der Waals surface area contributed by atoms with Gasteiger partial charge in [-0.15, -0.1) is 0 Å². The van der Waals surface area contributed by atoms with Crippen molar-refractivity contribution in [2.45, 2.75) is 25.2 Å². The molecule has 0 saturated carbocycles. The maximum absolute atomic E-state index is 12.1. The fourth-order valence-electron chi connectivity index (χ4n) is 2.79. The quantitative estimate of drug-likeness (QED) is 0.529. The first-order valence-electron chi connectivity index (χ1n) is 5.77. The van der Waals surface area contributed by atoms with E-state index in [1.807, 2.05) is 25.1 Å². The van der Waals surface area contributed by atoms with E-state index >= 15 is 0 Å². The number of hydrogen-bond donors (Lipinski definition) is 1. The maximum atomic E-state index is 12.1. The number of rotatable bonds is 0. The first kappa shape index (κ1) is 9.85. The van der Waals surface area contributed by atoms with Crippen LogP contribution in [0.1, 0.15) is 24.0 Å². The summed E-state index contributed by atoms with van der Waals surface area (Å²) in [6, 6.07) is 6.05. The number of esters is 1. The van der Waals surface area contributed by atoms with Crippen LogP contribution >= 0.6 is 0 Å². The van der Waals surface area contributed by atoms with Crippen molar-refractivity contribution in [3.63, 3.8) is 0 Å². The minimum atomic E-state index is -0.368. The highest BCUT2D eigenvalue weighted by molar-refractivity contribution is 5.91. The Labute approximate surface area is 94.8 Å². The number of carbonyl (C=O) groups is 1. The van der Waals surface area contributed by atoms with Gasteiger partial charge in [0.05, 0.1) is 5.41 Å². The lowest BCUT2D eigenvalue weighted by molar-refractivity contribution is -0.139. The zero-order valence-corrected chi connectivity index (χ0v) is 9.38. The lowest BCUT2D eigenvalue weighted by Gasteiger charge is -2.30. The fraction of sp³-hybridized carbons (Fsp3) is 0.462. The SMILES string of the molecule is Cc1cccc2c1OC(=O)C21CCNCC1. The molecular weight excluding hydrogens is 202 g/mol. The molecular formula is C13H15NO2. The molecule has 1 saturated heterocycles. The molecule has 0 radical (unpaired) electrons. The first-order chi connectivity index (χ1) is 7.74. The molecule has 3 heteroatoms. The van der Waals surface area contributed by atoms with Gasteiger partial charge in [0.15, 0.2) is 0 Å². The summed E-state index contributed by atoms with van der Waals surface area (Å²) < 4.78 is 5.46. The number of aryl methyl sites for hydroxylation is 1. The van der Waals surface area contributed by atoms with Crippen molar-refractivity contribution < 1.29 is 9.53 Å². The van der Waals surface area contributed by atoms with Gasteiger partial charge in [0, 0.05) is 5.56 Å². The monoisotopic (exact) mass is 217 g/mol. The van der Waals surface area contributed by atoms with Crippen LogP contribution in [0.2, 0.25) is 0 Å². The van der Waals surface area contributed by atoms with Gasteiger partial charge in [-0.2, -0.15) is 0 Å². The summed E-state index contributed by atoms with van der Waals surface area (Å²) in [5.74, 6) is 0.743. The van der Waals surface area contributed by atoms with E-state index in [0.717, 1.165) is 42.8 Å². The minimum absolute atomic E-state index is 0.0571. The summed E-state index contributed by atoms with van der Waals surface area (Å²) in [5, 5.41) is 3.29. The van der Waals surface area contributed by atoms with Crippen LogP contribution in [0.3, 0.4) is 0 Å². The molecule has 2 aliphatic heterocycles. The van der Waals surface area contributed by atoms with Gasteiger partial charge in [-0.1, -0.05) is 18.2 Å². The van der Waals surface area contributed by atoms with Crippen molar-refractivity contribution >= 4 is 5.97 Å². The Hall–Kier alpha value is -1.35. The second-order valence-corrected chi connectivity index (χ2v) is 4.67. The molecule has 0 aromatic heterocycles. The van der Waals surface area contributed by atoms with E-state index in [9.17, 15) is 4.79 Å². The van der Waals surface area contributed by atoms with E-state index in [0.29, 0.717) is 0 Å². The summed E-state index contributed by atoms with van der Waals surface area (Å²) >= 11 is 0. The Morgan fingerprint density at radius 2 is 2.06 bits per heavy atom. The van der Waals surface area contributed by atoms with E-state index in [-0.39, 0.29) is 11.4 Å². The van der Waals surface area contributed by atoms with Crippen molar-refractivity contribution in [2.24, 2.45) is 0 Å². The molecule has 0 unspecified atom stereocenters. The average Bonchev–Trinajstić information content (AvgIpc) is 2.57. The predicted octanol–water partition coefficient (Wildman–Crippen LogP) is 1.54. The van der Waals surface area contributed by atoms with Crippen LogP contribution in [0, 0.1) is 6.92 Å². The highest BCUT2D eigenvalue weighted by atomic mass is 16.5. The second-order valence-electron chi connectivity index (χ2n) is 4.67. The summed E-state index contributed by atoms with van der Waals surface area (Å²) in [6.45, 7) is 3.77. The molecule has 0 amide bonds. The first-order valence-corrected chi connectivity index (χ1v) is 5.77. The van der Waals surface area contributed by atoms with Gasteiger partial charge >= 0.3 is 5.97 Å². The van der Waals surface area contributed by atoms with Crippen molar-refractivity contribution in [2.75, 3.05) is 13.1 Å². The largest absolute Gasteiger partial charge is 0.425 e. The Morgan fingerprint density at radius 1 is 1.31 bits per heavy atom. The van der Waals surface area contributed by atoms with E-state index < -0.39 is 0 Å². The van der Waals surface area contributed by atoms with Crippen LogP contribution in [0.4, 0.5) is 0 Å². The number of fused-ring (bicyclic) bond motifs is 2. The van der Waals surface area contributed by atoms with E-state index in [1.54, 1.807) is 0 Å². The van der Waals surface area contributed by atoms with Crippen LogP contribution in [-0.4, -0.2) is 19.1 Å². The lowest BCUT2D eigenvalue weighted by Crippen LogP contribution is -2.44. The Bertz CT molecular complexity index is 447. The van der Waals surface area contributed by atoms with Crippen molar-refractivity contribution in [1.29, 1.82) is 0 Å². The normalized spacial score (nSPS) is 21.9. The molecule has 0 aliphatic carbocycles. The van der Waals surface area contributed by atoms with E-state index in [2.05, 4.69) is 5.32 Å². The minimum Gasteiger partial charge on any atom is -0.425 e. The van der Waals surface area contributed by atoms with E-state index in [1.165, 1.54) is 0 Å². The summed E-state index contributed by atoms with van der Waals surface area (Å²) in [5.41, 5.74) is 1.78. The molecule has 84 valence electrons.